The van der Waals surface area contributed by atoms with Gasteiger partial charge < -0.3 is 4.90 Å². The Bertz CT molecular complexity index is 361. The number of halogens is 2. The Morgan fingerprint density at radius 3 is 2.69 bits per heavy atom. The fraction of sp³-hybridized carbons (Fsp3) is 0.538. The molecular formula is C13H17Cl2N. The van der Waals surface area contributed by atoms with Crippen LogP contribution in [-0.2, 0) is 5.88 Å². The second-order valence-corrected chi connectivity index (χ2v) is 5.23. The second-order valence-electron chi connectivity index (χ2n) is 4.56. The van der Waals surface area contributed by atoms with Gasteiger partial charge in [0.1, 0.15) is 0 Å². The maximum atomic E-state index is 6.25. The third-order valence-electron chi connectivity index (χ3n) is 3.35. The van der Waals surface area contributed by atoms with E-state index < -0.39 is 0 Å². The van der Waals surface area contributed by atoms with Gasteiger partial charge in [-0.3, -0.25) is 0 Å². The van der Waals surface area contributed by atoms with Crippen LogP contribution in [0.3, 0.4) is 0 Å². The van der Waals surface area contributed by atoms with E-state index in [-0.39, 0.29) is 0 Å². The van der Waals surface area contributed by atoms with Gasteiger partial charge in [-0.25, -0.2) is 0 Å². The monoisotopic (exact) mass is 257 g/mol. The molecule has 0 heterocycles. The molecule has 1 saturated carbocycles. The van der Waals surface area contributed by atoms with Crippen molar-refractivity contribution >= 4 is 28.9 Å². The maximum Gasteiger partial charge on any atom is 0.0642 e. The number of hydrogen-bond acceptors (Lipinski definition) is 1. The van der Waals surface area contributed by atoms with E-state index in [2.05, 4.69) is 11.9 Å². The average Bonchev–Trinajstić information content (AvgIpc) is 2.22. The molecule has 1 fully saturated rings. The molecule has 0 unspecified atom stereocenters. The van der Waals surface area contributed by atoms with Crippen molar-refractivity contribution in [2.24, 2.45) is 5.92 Å². The predicted octanol–water partition coefficient (Wildman–Crippen LogP) is 4.32. The molecule has 2 rings (SSSR count). The fourth-order valence-electron chi connectivity index (χ4n) is 2.25. The van der Waals surface area contributed by atoms with Crippen LogP contribution in [0.15, 0.2) is 18.2 Å². The number of rotatable bonds is 4. The third-order valence-corrected chi connectivity index (χ3v) is 3.95. The molecule has 1 aromatic rings. The van der Waals surface area contributed by atoms with Crippen molar-refractivity contribution in [3.63, 3.8) is 0 Å². The summed E-state index contributed by atoms with van der Waals surface area (Å²) >= 11 is 12.2. The van der Waals surface area contributed by atoms with Crippen LogP contribution >= 0.6 is 23.2 Å². The highest BCUT2D eigenvalue weighted by Gasteiger charge is 2.21. The van der Waals surface area contributed by atoms with Crippen molar-refractivity contribution in [1.29, 1.82) is 0 Å². The van der Waals surface area contributed by atoms with Crippen molar-refractivity contribution < 1.29 is 0 Å². The molecule has 3 heteroatoms. The molecule has 1 aromatic carbocycles. The van der Waals surface area contributed by atoms with Crippen LogP contribution in [-0.4, -0.2) is 13.6 Å². The van der Waals surface area contributed by atoms with E-state index in [1.54, 1.807) is 0 Å². The normalized spacial score (nSPS) is 15.9. The minimum atomic E-state index is 0.519. The van der Waals surface area contributed by atoms with Crippen molar-refractivity contribution in [2.75, 3.05) is 18.5 Å². The van der Waals surface area contributed by atoms with E-state index >= 15 is 0 Å². The molecule has 0 spiro atoms. The van der Waals surface area contributed by atoms with Gasteiger partial charge in [-0.2, -0.15) is 0 Å². The first kappa shape index (κ1) is 12.1. The van der Waals surface area contributed by atoms with Gasteiger partial charge in [0.25, 0.3) is 0 Å². The number of alkyl halides is 1. The van der Waals surface area contributed by atoms with Crippen LogP contribution in [0, 0.1) is 5.92 Å². The summed E-state index contributed by atoms with van der Waals surface area (Å²) in [4.78, 5) is 2.25. The molecule has 16 heavy (non-hydrogen) atoms. The second kappa shape index (κ2) is 5.29. The first-order valence-electron chi connectivity index (χ1n) is 5.77. The van der Waals surface area contributed by atoms with Crippen LogP contribution in [0.2, 0.25) is 5.02 Å². The third kappa shape index (κ3) is 2.46. The lowest BCUT2D eigenvalue weighted by Gasteiger charge is -2.32. The molecule has 0 radical (unpaired) electrons. The Morgan fingerprint density at radius 1 is 1.38 bits per heavy atom. The zero-order chi connectivity index (χ0) is 11.5. The molecule has 0 amide bonds. The molecule has 0 saturated heterocycles. The maximum absolute atomic E-state index is 6.25. The molecule has 0 aromatic heterocycles. The smallest absolute Gasteiger partial charge is 0.0642 e. The summed E-state index contributed by atoms with van der Waals surface area (Å²) in [5.74, 6) is 1.36. The first-order valence-corrected chi connectivity index (χ1v) is 6.68. The summed E-state index contributed by atoms with van der Waals surface area (Å²) in [6.07, 6.45) is 4.08. The van der Waals surface area contributed by atoms with Crippen LogP contribution in [0.5, 0.6) is 0 Å². The lowest BCUT2D eigenvalue weighted by molar-refractivity contribution is 0.321. The lowest BCUT2D eigenvalue weighted by Crippen LogP contribution is -2.30. The van der Waals surface area contributed by atoms with E-state index in [4.69, 9.17) is 23.2 Å². The van der Waals surface area contributed by atoms with Crippen molar-refractivity contribution in [2.45, 2.75) is 25.1 Å². The number of nitrogens with zero attached hydrogens (tertiary/aromatic N) is 1. The summed E-state index contributed by atoms with van der Waals surface area (Å²) in [6.45, 7) is 1.09. The Morgan fingerprint density at radius 2 is 2.12 bits per heavy atom. The molecule has 1 aliphatic rings. The van der Waals surface area contributed by atoms with Gasteiger partial charge in [0.05, 0.1) is 10.7 Å². The quantitative estimate of drug-likeness (QED) is 0.727. The van der Waals surface area contributed by atoms with Crippen LogP contribution in [0.4, 0.5) is 5.69 Å². The Balaban J connectivity index is 2.16. The minimum absolute atomic E-state index is 0.519. The predicted molar refractivity (Wildman–Crippen MR) is 71.6 cm³/mol. The Labute approximate surface area is 107 Å². The van der Waals surface area contributed by atoms with E-state index in [0.29, 0.717) is 5.88 Å². The largest absolute Gasteiger partial charge is 0.373 e. The molecule has 1 aliphatic carbocycles. The topological polar surface area (TPSA) is 3.24 Å². The first-order chi connectivity index (χ1) is 7.72. The van der Waals surface area contributed by atoms with Gasteiger partial charge in [-0.15, -0.1) is 11.6 Å². The van der Waals surface area contributed by atoms with Crippen LogP contribution in [0.25, 0.3) is 0 Å². The molecule has 0 N–H and O–H groups in total. The standard InChI is InChI=1S/C13H17Cl2N/c1-16(9-10-4-2-5-10)13-11(8-14)6-3-7-12(13)15/h3,6-7,10H,2,4-5,8-9H2,1H3. The summed E-state index contributed by atoms with van der Waals surface area (Å²) in [7, 11) is 2.11. The Hall–Kier alpha value is -0.400. The molecule has 0 aliphatic heterocycles. The number of para-hydroxylation sites is 1. The van der Waals surface area contributed by atoms with E-state index in [9.17, 15) is 0 Å². The van der Waals surface area contributed by atoms with Crippen molar-refractivity contribution in [1.82, 2.24) is 0 Å². The van der Waals surface area contributed by atoms with E-state index in [1.807, 2.05) is 18.2 Å². The van der Waals surface area contributed by atoms with Gasteiger partial charge in [0, 0.05) is 19.5 Å². The molecule has 88 valence electrons. The molecular weight excluding hydrogens is 241 g/mol. The highest BCUT2D eigenvalue weighted by molar-refractivity contribution is 6.33. The summed E-state index contributed by atoms with van der Waals surface area (Å²) < 4.78 is 0. The zero-order valence-electron chi connectivity index (χ0n) is 9.55. The molecule has 0 bridgehead atoms. The van der Waals surface area contributed by atoms with Crippen LogP contribution in [0.1, 0.15) is 24.8 Å². The van der Waals surface area contributed by atoms with Gasteiger partial charge in [-0.1, -0.05) is 30.2 Å². The minimum Gasteiger partial charge on any atom is -0.373 e. The van der Waals surface area contributed by atoms with Gasteiger partial charge in [-0.05, 0) is 30.4 Å². The van der Waals surface area contributed by atoms with Gasteiger partial charge >= 0.3 is 0 Å². The summed E-state index contributed by atoms with van der Waals surface area (Å²) in [6, 6.07) is 5.94. The summed E-state index contributed by atoms with van der Waals surface area (Å²) in [5, 5.41) is 0.806. The highest BCUT2D eigenvalue weighted by Crippen LogP contribution is 2.33. The lowest BCUT2D eigenvalue weighted by atomic mass is 9.85. The number of anilines is 1. The number of benzene rings is 1. The van der Waals surface area contributed by atoms with E-state index in [0.717, 1.165) is 28.7 Å². The fourth-order valence-corrected chi connectivity index (χ4v) is 2.80. The molecule has 0 atom stereocenters. The van der Waals surface area contributed by atoms with Gasteiger partial charge in [0.2, 0.25) is 0 Å². The van der Waals surface area contributed by atoms with Crippen LogP contribution < -0.4 is 4.90 Å². The highest BCUT2D eigenvalue weighted by atomic mass is 35.5. The van der Waals surface area contributed by atoms with E-state index in [1.165, 1.54) is 19.3 Å². The summed E-state index contributed by atoms with van der Waals surface area (Å²) in [5.41, 5.74) is 2.22. The van der Waals surface area contributed by atoms with Crippen molar-refractivity contribution in [3.8, 4) is 0 Å². The van der Waals surface area contributed by atoms with Gasteiger partial charge in [0.15, 0.2) is 0 Å². The van der Waals surface area contributed by atoms with Crippen molar-refractivity contribution in [3.05, 3.63) is 28.8 Å². The average molecular weight is 258 g/mol. The molecule has 1 nitrogen and oxygen atoms in total. The number of hydrogen-bond donors (Lipinski definition) is 0. The SMILES string of the molecule is CN(CC1CCC1)c1c(Cl)cccc1CCl. The Kier molecular flexibility index (Phi) is 3.99. The zero-order valence-corrected chi connectivity index (χ0v) is 11.1.